The van der Waals surface area contributed by atoms with E-state index in [0.717, 1.165) is 23.4 Å². The maximum atomic E-state index is 12.7. The van der Waals surface area contributed by atoms with Crippen LogP contribution < -0.4 is 20.1 Å². The Bertz CT molecular complexity index is 1100. The Hall–Kier alpha value is -3.01. The molecule has 2 heterocycles. The van der Waals surface area contributed by atoms with Crippen molar-refractivity contribution in [2.75, 3.05) is 32.6 Å². The lowest BCUT2D eigenvalue weighted by Gasteiger charge is -2.12. The second-order valence-electron chi connectivity index (χ2n) is 8.22. The van der Waals surface area contributed by atoms with Crippen LogP contribution in [0.15, 0.2) is 29.6 Å². The quantitative estimate of drug-likeness (QED) is 0.320. The first-order chi connectivity index (χ1) is 15.8. The Kier molecular flexibility index (Phi) is 8.37. The van der Waals surface area contributed by atoms with Gasteiger partial charge in [0.15, 0.2) is 10.8 Å². The molecule has 0 radical (unpaired) electrons. The molecule has 0 fully saturated rings. The molecule has 2 aromatic heterocycles. The van der Waals surface area contributed by atoms with Crippen LogP contribution >= 0.6 is 11.8 Å². The molecule has 3 rings (SSSR count). The van der Waals surface area contributed by atoms with Gasteiger partial charge in [-0.05, 0) is 18.1 Å². The smallest absolute Gasteiger partial charge is 0.255 e. The van der Waals surface area contributed by atoms with Gasteiger partial charge in [-0.2, -0.15) is 5.10 Å². The van der Waals surface area contributed by atoms with Crippen molar-refractivity contribution in [2.24, 2.45) is 5.92 Å². The number of thioether (sulfide) groups is 1. The number of anilines is 1. The number of hydrogen-bond acceptors (Lipinski definition) is 8. The monoisotopic (exact) mass is 472 g/mol. The van der Waals surface area contributed by atoms with Gasteiger partial charge < -0.3 is 20.1 Å². The Morgan fingerprint density at radius 3 is 2.61 bits per heavy atom. The van der Waals surface area contributed by atoms with Crippen molar-refractivity contribution in [3.63, 3.8) is 0 Å². The number of fused-ring (bicyclic) bond motifs is 1. The highest BCUT2D eigenvalue weighted by Crippen LogP contribution is 2.27. The number of rotatable bonds is 11. The maximum Gasteiger partial charge on any atom is 0.255 e. The molecule has 0 bridgehead atoms. The summed E-state index contributed by atoms with van der Waals surface area (Å²) in [6, 6.07) is 5.10. The Balaban J connectivity index is 1.76. The third kappa shape index (κ3) is 6.28. The van der Waals surface area contributed by atoms with Gasteiger partial charge in [0.05, 0.1) is 37.9 Å². The molecule has 0 saturated carbocycles. The zero-order chi connectivity index (χ0) is 24.0. The van der Waals surface area contributed by atoms with Crippen molar-refractivity contribution in [1.29, 1.82) is 0 Å². The van der Waals surface area contributed by atoms with Crippen LogP contribution in [0.25, 0.3) is 11.0 Å². The summed E-state index contributed by atoms with van der Waals surface area (Å²) in [5.41, 5.74) is 1.19. The highest BCUT2D eigenvalue weighted by atomic mass is 32.2. The summed E-state index contributed by atoms with van der Waals surface area (Å²) in [5, 5.41) is 12.8. The second-order valence-corrected chi connectivity index (χ2v) is 9.77. The van der Waals surface area contributed by atoms with Crippen molar-refractivity contribution in [2.45, 2.75) is 44.6 Å². The predicted octanol–water partition coefficient (Wildman–Crippen LogP) is 3.84. The molecule has 0 atom stereocenters. The molecule has 0 aliphatic rings. The molecule has 9 nitrogen and oxygen atoms in total. The van der Waals surface area contributed by atoms with Gasteiger partial charge in [0.25, 0.3) is 5.91 Å². The molecule has 10 heteroatoms. The van der Waals surface area contributed by atoms with Gasteiger partial charge in [-0.15, -0.1) is 0 Å². The zero-order valence-electron chi connectivity index (χ0n) is 20.0. The van der Waals surface area contributed by atoms with E-state index in [1.807, 2.05) is 0 Å². The molecule has 33 heavy (non-hydrogen) atoms. The van der Waals surface area contributed by atoms with Crippen LogP contribution in [-0.4, -0.2) is 58.2 Å². The number of nitrogens with one attached hydrogen (secondary N) is 2. The molecular weight excluding hydrogens is 440 g/mol. The first-order valence-electron chi connectivity index (χ1n) is 11.0. The van der Waals surface area contributed by atoms with Gasteiger partial charge in [0.1, 0.15) is 17.3 Å². The van der Waals surface area contributed by atoms with Crippen LogP contribution in [0.2, 0.25) is 0 Å². The third-order valence-electron chi connectivity index (χ3n) is 4.76. The summed E-state index contributed by atoms with van der Waals surface area (Å²) in [5.74, 6) is 2.13. The van der Waals surface area contributed by atoms with Gasteiger partial charge in [0.2, 0.25) is 0 Å². The van der Waals surface area contributed by atoms with Crippen molar-refractivity contribution < 1.29 is 14.3 Å². The zero-order valence-corrected chi connectivity index (χ0v) is 20.8. The Morgan fingerprint density at radius 2 is 1.94 bits per heavy atom. The molecule has 3 aromatic rings. The van der Waals surface area contributed by atoms with E-state index in [1.54, 1.807) is 47.9 Å². The number of aromatic nitrogens is 4. The standard InChI is InChI=1S/C23H32N6O3S/c1-14(2)12-25-20-18-13-26-29(21(18)28-23(27-20)33-15(3)4)10-9-24-22(30)17-8-7-16(31-5)11-19(17)32-6/h7-8,11,13-15H,9-10,12H2,1-6H3,(H,24,30)(H,25,27,28). The van der Waals surface area contributed by atoms with Crippen LogP contribution in [0, 0.1) is 5.92 Å². The average Bonchev–Trinajstić information content (AvgIpc) is 3.19. The molecule has 0 spiro atoms. The largest absolute Gasteiger partial charge is 0.497 e. The summed E-state index contributed by atoms with van der Waals surface area (Å²) in [6.45, 7) is 10.2. The number of methoxy groups -OCH3 is 2. The van der Waals surface area contributed by atoms with Gasteiger partial charge in [-0.25, -0.2) is 14.6 Å². The average molecular weight is 473 g/mol. The predicted molar refractivity (Wildman–Crippen MR) is 132 cm³/mol. The minimum Gasteiger partial charge on any atom is -0.497 e. The number of hydrogen-bond donors (Lipinski definition) is 2. The fraction of sp³-hybridized carbons (Fsp3) is 0.478. The lowest BCUT2D eigenvalue weighted by atomic mass is 10.1. The number of ether oxygens (including phenoxy) is 2. The summed E-state index contributed by atoms with van der Waals surface area (Å²) >= 11 is 1.61. The summed E-state index contributed by atoms with van der Waals surface area (Å²) < 4.78 is 12.3. The second kappa shape index (κ2) is 11.2. The molecule has 0 aliphatic heterocycles. The highest BCUT2D eigenvalue weighted by molar-refractivity contribution is 7.99. The van der Waals surface area contributed by atoms with Crippen LogP contribution in [-0.2, 0) is 6.54 Å². The van der Waals surface area contributed by atoms with Crippen molar-refractivity contribution in [3.05, 3.63) is 30.0 Å². The normalized spacial score (nSPS) is 11.3. The fourth-order valence-electron chi connectivity index (χ4n) is 3.15. The SMILES string of the molecule is COc1ccc(C(=O)NCCn2ncc3c(NCC(C)C)nc(SC(C)C)nc32)c(OC)c1. The van der Waals surface area contributed by atoms with E-state index in [-0.39, 0.29) is 5.91 Å². The third-order valence-corrected chi connectivity index (χ3v) is 5.62. The van der Waals surface area contributed by atoms with Crippen molar-refractivity contribution >= 4 is 34.5 Å². The van der Waals surface area contributed by atoms with E-state index in [2.05, 4.69) is 43.4 Å². The lowest BCUT2D eigenvalue weighted by Crippen LogP contribution is -2.28. The van der Waals surface area contributed by atoms with Gasteiger partial charge >= 0.3 is 0 Å². The minimum atomic E-state index is -0.226. The number of nitrogens with zero attached hydrogens (tertiary/aromatic N) is 4. The molecule has 0 aliphatic carbocycles. The number of carbonyl (C=O) groups is 1. The summed E-state index contributed by atoms with van der Waals surface area (Å²) in [4.78, 5) is 22.1. The van der Waals surface area contributed by atoms with Gasteiger partial charge in [-0.1, -0.05) is 39.5 Å². The first kappa shape index (κ1) is 24.6. The van der Waals surface area contributed by atoms with Gasteiger partial charge in [0, 0.05) is 24.4 Å². The van der Waals surface area contributed by atoms with E-state index in [9.17, 15) is 4.79 Å². The molecular formula is C23H32N6O3S. The summed E-state index contributed by atoms with van der Waals surface area (Å²) in [7, 11) is 3.10. The lowest BCUT2D eigenvalue weighted by molar-refractivity contribution is 0.0949. The molecule has 1 aromatic carbocycles. The van der Waals surface area contributed by atoms with E-state index in [0.29, 0.717) is 46.5 Å². The van der Waals surface area contributed by atoms with E-state index >= 15 is 0 Å². The molecule has 178 valence electrons. The Morgan fingerprint density at radius 1 is 1.15 bits per heavy atom. The van der Waals surface area contributed by atoms with Crippen LogP contribution in [0.5, 0.6) is 11.5 Å². The molecule has 0 saturated heterocycles. The minimum absolute atomic E-state index is 0.226. The first-order valence-corrected chi connectivity index (χ1v) is 11.8. The van der Waals surface area contributed by atoms with Crippen molar-refractivity contribution in [3.8, 4) is 11.5 Å². The molecule has 0 unspecified atom stereocenters. The molecule has 1 amide bonds. The van der Waals surface area contributed by atoms with Crippen LogP contribution in [0.4, 0.5) is 5.82 Å². The van der Waals surface area contributed by atoms with Crippen LogP contribution in [0.1, 0.15) is 38.1 Å². The maximum absolute atomic E-state index is 12.7. The molecule has 2 N–H and O–H groups in total. The van der Waals surface area contributed by atoms with E-state index < -0.39 is 0 Å². The number of carbonyl (C=O) groups excluding carboxylic acids is 1. The topological polar surface area (TPSA) is 103 Å². The van der Waals surface area contributed by atoms with Gasteiger partial charge in [-0.3, -0.25) is 4.79 Å². The number of amides is 1. The Labute approximate surface area is 198 Å². The summed E-state index contributed by atoms with van der Waals surface area (Å²) in [6.07, 6.45) is 1.77. The van der Waals surface area contributed by atoms with E-state index in [4.69, 9.17) is 19.4 Å². The van der Waals surface area contributed by atoms with Crippen LogP contribution in [0.3, 0.4) is 0 Å². The highest BCUT2D eigenvalue weighted by Gasteiger charge is 2.16. The fourth-order valence-corrected chi connectivity index (χ4v) is 3.86. The van der Waals surface area contributed by atoms with Crippen molar-refractivity contribution in [1.82, 2.24) is 25.1 Å². The number of benzene rings is 1. The van der Waals surface area contributed by atoms with E-state index in [1.165, 1.54) is 7.11 Å².